The topological polar surface area (TPSA) is 50.4 Å². The van der Waals surface area contributed by atoms with Crippen molar-refractivity contribution in [1.82, 2.24) is 0 Å². The van der Waals surface area contributed by atoms with E-state index in [9.17, 15) is 4.79 Å². The summed E-state index contributed by atoms with van der Waals surface area (Å²) in [6, 6.07) is 5.67. The van der Waals surface area contributed by atoms with Gasteiger partial charge in [-0.05, 0) is 37.0 Å². The molecule has 0 radical (unpaired) electrons. The molecule has 2 rings (SSSR count). The predicted molar refractivity (Wildman–Crippen MR) is 82.4 cm³/mol. The van der Waals surface area contributed by atoms with Crippen LogP contribution >= 0.6 is 0 Å². The van der Waals surface area contributed by atoms with Crippen molar-refractivity contribution in [2.75, 3.05) is 24.3 Å². The summed E-state index contributed by atoms with van der Waals surface area (Å²) in [6.45, 7) is 2.49. The van der Waals surface area contributed by atoms with Crippen molar-refractivity contribution in [3.8, 4) is 5.75 Å². The van der Waals surface area contributed by atoms with Gasteiger partial charge in [0.25, 0.3) is 0 Å². The Bertz CT molecular complexity index is 454. The van der Waals surface area contributed by atoms with E-state index in [1.54, 1.807) is 7.11 Å². The lowest BCUT2D eigenvalue weighted by Crippen LogP contribution is -2.17. The first kappa shape index (κ1) is 14.7. The van der Waals surface area contributed by atoms with Gasteiger partial charge in [-0.25, -0.2) is 0 Å². The number of carbonyl (C=O) groups is 1. The van der Waals surface area contributed by atoms with E-state index in [2.05, 4.69) is 10.6 Å². The van der Waals surface area contributed by atoms with Crippen LogP contribution in [0.15, 0.2) is 18.2 Å². The van der Waals surface area contributed by atoms with Crippen molar-refractivity contribution in [2.24, 2.45) is 5.92 Å². The monoisotopic (exact) mass is 276 g/mol. The molecule has 1 aromatic rings. The summed E-state index contributed by atoms with van der Waals surface area (Å²) in [6.07, 6.45) is 6.67. The summed E-state index contributed by atoms with van der Waals surface area (Å²) in [4.78, 5) is 11.1. The average Bonchev–Trinajstić information content (AvgIpc) is 2.46. The fraction of sp³-hybridized carbons (Fsp3) is 0.562. The quantitative estimate of drug-likeness (QED) is 0.863. The minimum atomic E-state index is -0.0617. The van der Waals surface area contributed by atoms with Crippen LogP contribution < -0.4 is 15.4 Å². The van der Waals surface area contributed by atoms with Gasteiger partial charge in [0.05, 0.1) is 12.8 Å². The molecule has 1 amide bonds. The number of hydrogen-bond donors (Lipinski definition) is 2. The fourth-order valence-corrected chi connectivity index (χ4v) is 2.77. The first-order chi connectivity index (χ1) is 9.69. The van der Waals surface area contributed by atoms with Gasteiger partial charge in [0.1, 0.15) is 5.75 Å². The van der Waals surface area contributed by atoms with Gasteiger partial charge in [-0.15, -0.1) is 0 Å². The number of amides is 1. The molecular weight excluding hydrogens is 252 g/mol. The first-order valence-corrected chi connectivity index (χ1v) is 7.38. The number of rotatable bonds is 5. The standard InChI is InChI=1S/C16H24N2O2/c1-12(19)18-14-8-9-16(20-2)15(10-14)17-11-13-6-4-3-5-7-13/h8-10,13,17H,3-7,11H2,1-2H3,(H,18,19). The Morgan fingerprint density at radius 3 is 2.70 bits per heavy atom. The summed E-state index contributed by atoms with van der Waals surface area (Å²) in [5.74, 6) is 1.50. The number of nitrogens with one attached hydrogen (secondary N) is 2. The van der Waals surface area contributed by atoms with Crippen molar-refractivity contribution in [1.29, 1.82) is 0 Å². The second-order valence-electron chi connectivity index (χ2n) is 5.48. The third kappa shape index (κ3) is 4.15. The van der Waals surface area contributed by atoms with E-state index in [4.69, 9.17) is 4.74 Å². The van der Waals surface area contributed by atoms with Crippen LogP contribution in [0.1, 0.15) is 39.0 Å². The van der Waals surface area contributed by atoms with Crippen LogP contribution in [0.25, 0.3) is 0 Å². The maximum absolute atomic E-state index is 11.1. The molecule has 20 heavy (non-hydrogen) atoms. The van der Waals surface area contributed by atoms with Crippen LogP contribution in [0.2, 0.25) is 0 Å². The lowest BCUT2D eigenvalue weighted by Gasteiger charge is -2.23. The average molecular weight is 276 g/mol. The zero-order valence-electron chi connectivity index (χ0n) is 12.4. The molecule has 2 N–H and O–H groups in total. The van der Waals surface area contributed by atoms with Crippen LogP contribution in [-0.4, -0.2) is 19.6 Å². The second-order valence-corrected chi connectivity index (χ2v) is 5.48. The van der Waals surface area contributed by atoms with E-state index in [-0.39, 0.29) is 5.91 Å². The normalized spacial score (nSPS) is 15.7. The minimum Gasteiger partial charge on any atom is -0.495 e. The summed E-state index contributed by atoms with van der Waals surface area (Å²) in [5, 5.41) is 6.27. The zero-order valence-corrected chi connectivity index (χ0v) is 12.4. The van der Waals surface area contributed by atoms with Gasteiger partial charge >= 0.3 is 0 Å². The summed E-state index contributed by atoms with van der Waals surface area (Å²) in [5.41, 5.74) is 1.74. The number of anilines is 2. The van der Waals surface area contributed by atoms with Gasteiger partial charge in [0.15, 0.2) is 0 Å². The van der Waals surface area contributed by atoms with E-state index in [1.807, 2.05) is 18.2 Å². The largest absolute Gasteiger partial charge is 0.495 e. The molecule has 0 bridgehead atoms. The number of ether oxygens (including phenoxy) is 1. The van der Waals surface area contributed by atoms with Gasteiger partial charge in [0.2, 0.25) is 5.91 Å². The highest BCUT2D eigenvalue weighted by atomic mass is 16.5. The Kier molecular flexibility index (Phi) is 5.27. The SMILES string of the molecule is COc1ccc(NC(C)=O)cc1NCC1CCCCC1. The molecule has 0 spiro atoms. The van der Waals surface area contributed by atoms with E-state index in [0.29, 0.717) is 0 Å². The molecule has 4 nitrogen and oxygen atoms in total. The maximum atomic E-state index is 11.1. The molecular formula is C16H24N2O2. The first-order valence-electron chi connectivity index (χ1n) is 7.38. The van der Waals surface area contributed by atoms with Gasteiger partial charge in [0, 0.05) is 19.2 Å². The number of methoxy groups -OCH3 is 1. The molecule has 0 saturated heterocycles. The third-order valence-electron chi connectivity index (χ3n) is 3.83. The lowest BCUT2D eigenvalue weighted by molar-refractivity contribution is -0.114. The van der Waals surface area contributed by atoms with Crippen molar-refractivity contribution in [3.05, 3.63) is 18.2 Å². The van der Waals surface area contributed by atoms with Crippen LogP contribution in [0.5, 0.6) is 5.75 Å². The Morgan fingerprint density at radius 1 is 1.30 bits per heavy atom. The predicted octanol–water partition coefficient (Wildman–Crippen LogP) is 3.65. The fourth-order valence-electron chi connectivity index (χ4n) is 2.77. The Balaban J connectivity index is 2.01. The molecule has 110 valence electrons. The molecule has 0 aliphatic heterocycles. The molecule has 4 heteroatoms. The van der Waals surface area contributed by atoms with E-state index in [0.717, 1.165) is 29.6 Å². The molecule has 0 heterocycles. The molecule has 0 unspecified atom stereocenters. The van der Waals surface area contributed by atoms with E-state index in [1.165, 1.54) is 39.0 Å². The highest BCUT2D eigenvalue weighted by Gasteiger charge is 2.14. The van der Waals surface area contributed by atoms with Gasteiger partial charge in [-0.3, -0.25) is 4.79 Å². The smallest absolute Gasteiger partial charge is 0.221 e. The van der Waals surface area contributed by atoms with Crippen molar-refractivity contribution in [3.63, 3.8) is 0 Å². The molecule has 1 aliphatic carbocycles. The Morgan fingerprint density at radius 2 is 2.05 bits per heavy atom. The van der Waals surface area contributed by atoms with Gasteiger partial charge < -0.3 is 15.4 Å². The minimum absolute atomic E-state index is 0.0617. The third-order valence-corrected chi connectivity index (χ3v) is 3.83. The van der Waals surface area contributed by atoms with Crippen LogP contribution in [0.4, 0.5) is 11.4 Å². The van der Waals surface area contributed by atoms with E-state index >= 15 is 0 Å². The van der Waals surface area contributed by atoms with Crippen molar-refractivity contribution in [2.45, 2.75) is 39.0 Å². The van der Waals surface area contributed by atoms with E-state index < -0.39 is 0 Å². The van der Waals surface area contributed by atoms with Gasteiger partial charge in [-0.2, -0.15) is 0 Å². The number of benzene rings is 1. The number of carbonyl (C=O) groups excluding carboxylic acids is 1. The highest BCUT2D eigenvalue weighted by Crippen LogP contribution is 2.30. The molecule has 1 saturated carbocycles. The summed E-state index contributed by atoms with van der Waals surface area (Å²) >= 11 is 0. The zero-order chi connectivity index (χ0) is 14.4. The van der Waals surface area contributed by atoms with Crippen LogP contribution in [0, 0.1) is 5.92 Å². The molecule has 0 aromatic heterocycles. The molecule has 1 aromatic carbocycles. The van der Waals surface area contributed by atoms with Crippen molar-refractivity contribution >= 4 is 17.3 Å². The lowest BCUT2D eigenvalue weighted by atomic mass is 9.89. The van der Waals surface area contributed by atoms with Gasteiger partial charge in [-0.1, -0.05) is 19.3 Å². The summed E-state index contributed by atoms with van der Waals surface area (Å²) in [7, 11) is 1.67. The van der Waals surface area contributed by atoms with Crippen LogP contribution in [-0.2, 0) is 4.79 Å². The second kappa shape index (κ2) is 7.17. The molecule has 0 atom stereocenters. The summed E-state index contributed by atoms with van der Waals surface area (Å²) < 4.78 is 5.37. The molecule has 1 aliphatic rings. The Labute approximate surface area is 120 Å². The maximum Gasteiger partial charge on any atom is 0.221 e. The van der Waals surface area contributed by atoms with Crippen LogP contribution in [0.3, 0.4) is 0 Å². The number of hydrogen-bond acceptors (Lipinski definition) is 3. The van der Waals surface area contributed by atoms with Crippen molar-refractivity contribution < 1.29 is 9.53 Å². The Hall–Kier alpha value is -1.71. The highest BCUT2D eigenvalue weighted by molar-refractivity contribution is 5.89. The molecule has 1 fully saturated rings.